The molecule has 1 aliphatic rings. The monoisotopic (exact) mass is 423 g/mol. The van der Waals surface area contributed by atoms with Crippen molar-refractivity contribution in [2.24, 2.45) is 10.8 Å². The Morgan fingerprint density at radius 3 is 2.39 bits per heavy atom. The Labute approximate surface area is 180 Å². The number of carbonyl (C=O) groups is 3. The van der Waals surface area contributed by atoms with E-state index in [1.54, 1.807) is 7.11 Å². The Balaban J connectivity index is 1.76. The summed E-state index contributed by atoms with van der Waals surface area (Å²) >= 11 is 0. The summed E-state index contributed by atoms with van der Waals surface area (Å²) in [7, 11) is 1.59. The predicted molar refractivity (Wildman–Crippen MR) is 114 cm³/mol. The van der Waals surface area contributed by atoms with E-state index in [9.17, 15) is 14.4 Å². The largest absolute Gasteiger partial charge is 0.497 e. The van der Waals surface area contributed by atoms with Crippen LogP contribution in [-0.2, 0) is 19.1 Å². The molecule has 1 aliphatic heterocycles. The van der Waals surface area contributed by atoms with E-state index in [1.165, 1.54) is 11.9 Å². The van der Waals surface area contributed by atoms with Crippen molar-refractivity contribution in [3.63, 3.8) is 0 Å². The van der Waals surface area contributed by atoms with E-state index in [1.807, 2.05) is 54.6 Å². The van der Waals surface area contributed by atoms with E-state index in [0.29, 0.717) is 6.42 Å². The molecule has 8 nitrogen and oxygen atoms in total. The number of hydrogen-bond acceptors (Lipinski definition) is 6. The number of ether oxygens (including phenoxy) is 2. The van der Waals surface area contributed by atoms with Crippen molar-refractivity contribution in [2.75, 3.05) is 7.11 Å². The molecule has 0 fully saturated rings. The normalized spacial score (nSPS) is 16.4. The molecule has 0 unspecified atom stereocenters. The van der Waals surface area contributed by atoms with Crippen LogP contribution in [0.15, 0.2) is 59.7 Å². The van der Waals surface area contributed by atoms with Gasteiger partial charge in [0.15, 0.2) is 6.10 Å². The summed E-state index contributed by atoms with van der Waals surface area (Å²) in [5.41, 5.74) is 7.73. The third kappa shape index (κ3) is 5.48. The fourth-order valence-corrected chi connectivity index (χ4v) is 3.27. The Bertz CT molecular complexity index is 972. The molecule has 2 aromatic carbocycles. The highest BCUT2D eigenvalue weighted by Crippen LogP contribution is 2.34. The minimum absolute atomic E-state index is 0.0947. The predicted octanol–water partition coefficient (Wildman–Crippen LogP) is 2.57. The van der Waals surface area contributed by atoms with E-state index in [4.69, 9.17) is 15.2 Å². The Morgan fingerprint density at radius 1 is 1.10 bits per heavy atom. The van der Waals surface area contributed by atoms with Crippen molar-refractivity contribution in [3.8, 4) is 5.75 Å². The van der Waals surface area contributed by atoms with Crippen molar-refractivity contribution in [1.29, 1.82) is 0 Å². The van der Waals surface area contributed by atoms with E-state index in [0.717, 1.165) is 22.6 Å². The number of nitrogens with zero attached hydrogens (tertiary/aromatic N) is 2. The lowest BCUT2D eigenvalue weighted by atomic mass is 9.98. The van der Waals surface area contributed by atoms with E-state index < -0.39 is 18.0 Å². The average molecular weight is 423 g/mol. The van der Waals surface area contributed by atoms with Gasteiger partial charge < -0.3 is 15.2 Å². The first-order valence-electron chi connectivity index (χ1n) is 9.96. The third-order valence-electron chi connectivity index (χ3n) is 5.03. The molecule has 0 saturated heterocycles. The summed E-state index contributed by atoms with van der Waals surface area (Å²) in [4.78, 5) is 35.9. The van der Waals surface area contributed by atoms with Crippen molar-refractivity contribution >= 4 is 23.5 Å². The zero-order valence-corrected chi connectivity index (χ0v) is 17.5. The second-order valence-corrected chi connectivity index (χ2v) is 7.18. The highest BCUT2D eigenvalue weighted by molar-refractivity contribution is 6.03. The van der Waals surface area contributed by atoms with Crippen LogP contribution in [-0.4, -0.2) is 41.7 Å². The molecule has 0 aliphatic carbocycles. The number of hydrazone groups is 1. The van der Waals surface area contributed by atoms with Gasteiger partial charge in [-0.15, -0.1) is 0 Å². The molecule has 8 heteroatoms. The molecule has 0 aromatic heterocycles. The van der Waals surface area contributed by atoms with Crippen LogP contribution in [0, 0.1) is 0 Å². The summed E-state index contributed by atoms with van der Waals surface area (Å²) in [5, 5.41) is 5.99. The molecule has 2 amide bonds. The molecule has 31 heavy (non-hydrogen) atoms. The average Bonchev–Trinajstić information content (AvgIpc) is 3.23. The van der Waals surface area contributed by atoms with Crippen LogP contribution in [0.5, 0.6) is 5.75 Å². The Hall–Kier alpha value is -3.68. The number of nitrogens with two attached hydrogens (primary N) is 1. The maximum atomic E-state index is 12.9. The lowest BCUT2D eigenvalue weighted by Gasteiger charge is -2.22. The summed E-state index contributed by atoms with van der Waals surface area (Å²) < 4.78 is 10.1. The van der Waals surface area contributed by atoms with Gasteiger partial charge in [-0.25, -0.2) is 5.01 Å². The number of rotatable bonds is 8. The fourth-order valence-electron chi connectivity index (χ4n) is 3.27. The van der Waals surface area contributed by atoms with Crippen LogP contribution in [0.1, 0.15) is 43.4 Å². The fraction of sp³-hybridized carbons (Fsp3) is 0.304. The maximum absolute atomic E-state index is 12.9. The van der Waals surface area contributed by atoms with E-state index in [2.05, 4.69) is 5.10 Å². The molecule has 0 bridgehead atoms. The standard InChI is InChI=1S/C23H25N3O5/c1-15(23(24)29)31-22(28)13-12-21(27)26-20(17-8-10-18(30-2)11-9-17)14-19(25-26)16-6-4-3-5-7-16/h3-11,15,20H,12-14H2,1-2H3,(H2,24,29)/t15-,20-/m0/s1. The van der Waals surface area contributed by atoms with Gasteiger partial charge in [0.25, 0.3) is 5.91 Å². The molecular weight excluding hydrogens is 398 g/mol. The number of primary amides is 1. The Kier molecular flexibility index (Phi) is 7.02. The van der Waals surface area contributed by atoms with E-state index in [-0.39, 0.29) is 24.8 Å². The van der Waals surface area contributed by atoms with Gasteiger partial charge in [0, 0.05) is 12.8 Å². The molecule has 2 aromatic rings. The molecule has 0 radical (unpaired) electrons. The van der Waals surface area contributed by atoms with Crippen molar-refractivity contribution in [3.05, 3.63) is 65.7 Å². The first-order chi connectivity index (χ1) is 14.9. The summed E-state index contributed by atoms with van der Waals surface area (Å²) in [5.74, 6) is -0.992. The zero-order chi connectivity index (χ0) is 22.4. The first-order valence-corrected chi connectivity index (χ1v) is 9.96. The smallest absolute Gasteiger partial charge is 0.307 e. The summed E-state index contributed by atoms with van der Waals surface area (Å²) in [6.45, 7) is 1.39. The van der Waals surface area contributed by atoms with Crippen LogP contribution in [0.2, 0.25) is 0 Å². The van der Waals surface area contributed by atoms with Gasteiger partial charge in [0.2, 0.25) is 5.91 Å². The van der Waals surface area contributed by atoms with Crippen molar-refractivity contribution in [1.82, 2.24) is 5.01 Å². The number of methoxy groups -OCH3 is 1. The summed E-state index contributed by atoms with van der Waals surface area (Å²) in [6.07, 6.45) is -0.754. The van der Waals surface area contributed by atoms with Crippen LogP contribution in [0.3, 0.4) is 0 Å². The van der Waals surface area contributed by atoms with Gasteiger partial charge in [-0.05, 0) is 30.2 Å². The number of carbonyl (C=O) groups excluding carboxylic acids is 3. The number of benzene rings is 2. The van der Waals surface area contributed by atoms with Crippen molar-refractivity contribution < 1.29 is 23.9 Å². The van der Waals surface area contributed by atoms with Gasteiger partial charge in [-0.3, -0.25) is 14.4 Å². The zero-order valence-electron chi connectivity index (χ0n) is 17.5. The van der Waals surface area contributed by atoms with Gasteiger partial charge in [-0.2, -0.15) is 5.10 Å². The lowest BCUT2D eigenvalue weighted by Crippen LogP contribution is -2.31. The minimum atomic E-state index is -1.04. The number of amides is 2. The minimum Gasteiger partial charge on any atom is -0.497 e. The molecule has 3 rings (SSSR count). The third-order valence-corrected chi connectivity index (χ3v) is 5.03. The second kappa shape index (κ2) is 9.88. The highest BCUT2D eigenvalue weighted by atomic mass is 16.5. The summed E-state index contributed by atoms with van der Waals surface area (Å²) in [6, 6.07) is 16.8. The quantitative estimate of drug-likeness (QED) is 0.656. The molecule has 0 spiro atoms. The van der Waals surface area contributed by atoms with E-state index >= 15 is 0 Å². The molecule has 1 heterocycles. The van der Waals surface area contributed by atoms with Crippen molar-refractivity contribution in [2.45, 2.75) is 38.3 Å². The molecular formula is C23H25N3O5. The highest BCUT2D eigenvalue weighted by Gasteiger charge is 2.33. The topological polar surface area (TPSA) is 111 Å². The number of esters is 1. The number of hydrogen-bond donors (Lipinski definition) is 1. The molecule has 2 N–H and O–H groups in total. The molecule has 162 valence electrons. The Morgan fingerprint density at radius 2 is 1.77 bits per heavy atom. The van der Waals surface area contributed by atoms with Crippen LogP contribution >= 0.6 is 0 Å². The van der Waals surface area contributed by atoms with Gasteiger partial charge in [0.1, 0.15) is 5.75 Å². The molecule has 2 atom stereocenters. The maximum Gasteiger partial charge on any atom is 0.307 e. The van der Waals surface area contributed by atoms with Gasteiger partial charge in [-0.1, -0.05) is 42.5 Å². The van der Waals surface area contributed by atoms with Crippen LogP contribution < -0.4 is 10.5 Å². The molecule has 0 saturated carbocycles. The van der Waals surface area contributed by atoms with Crippen LogP contribution in [0.4, 0.5) is 0 Å². The van der Waals surface area contributed by atoms with Gasteiger partial charge in [0.05, 0.1) is 25.3 Å². The van der Waals surface area contributed by atoms with Gasteiger partial charge >= 0.3 is 5.97 Å². The SMILES string of the molecule is COc1ccc([C@@H]2CC(c3ccccc3)=NN2C(=O)CCC(=O)O[C@@H](C)C(N)=O)cc1. The second-order valence-electron chi connectivity index (χ2n) is 7.18. The van der Waals surface area contributed by atoms with Crippen LogP contribution in [0.25, 0.3) is 0 Å². The lowest BCUT2D eigenvalue weighted by molar-refractivity contribution is -0.155. The first kappa shape index (κ1) is 22.0.